The van der Waals surface area contributed by atoms with Gasteiger partial charge in [0.25, 0.3) is 0 Å². The SMILES string of the molecule is COC(=O)CNC(=O)CCC(C)C1CCC2C3C(O[Si](C)(C)C)CC4CC(O[Si](C)(C)C)CCC4(C)C3CC(O[Si](C)(C)C)C12C. The molecule has 4 aliphatic carbocycles. The highest BCUT2D eigenvalue weighted by atomic mass is 28.4. The van der Waals surface area contributed by atoms with Crippen LogP contribution in [0.5, 0.6) is 0 Å². The molecule has 0 aromatic heterocycles. The molecule has 0 radical (unpaired) electrons. The van der Waals surface area contributed by atoms with Crippen molar-refractivity contribution >= 4 is 36.8 Å². The van der Waals surface area contributed by atoms with Crippen LogP contribution in [-0.4, -0.2) is 68.8 Å². The molecule has 0 aromatic rings. The lowest BCUT2D eigenvalue weighted by molar-refractivity contribution is -0.199. The van der Waals surface area contributed by atoms with Crippen LogP contribution in [0.2, 0.25) is 58.9 Å². The second-order valence-electron chi connectivity index (χ2n) is 19.0. The molecule has 0 spiro atoms. The Bertz CT molecular complexity index is 1090. The van der Waals surface area contributed by atoms with Gasteiger partial charge in [0.05, 0.1) is 13.2 Å². The van der Waals surface area contributed by atoms with Crippen LogP contribution in [0.25, 0.3) is 0 Å². The molecule has 0 aliphatic heterocycles. The zero-order valence-electron chi connectivity index (χ0n) is 31.7. The lowest BCUT2D eigenvalue weighted by Crippen LogP contribution is -2.64. The van der Waals surface area contributed by atoms with Crippen LogP contribution < -0.4 is 5.32 Å². The molecule has 4 aliphatic rings. The van der Waals surface area contributed by atoms with Gasteiger partial charge in [-0.15, -0.1) is 0 Å². The first kappa shape index (κ1) is 38.3. The van der Waals surface area contributed by atoms with E-state index in [1.807, 2.05) is 0 Å². The van der Waals surface area contributed by atoms with Gasteiger partial charge in [0.15, 0.2) is 25.0 Å². The Morgan fingerprint density at radius 1 is 0.826 bits per heavy atom. The summed E-state index contributed by atoms with van der Waals surface area (Å²) >= 11 is 0. The summed E-state index contributed by atoms with van der Waals surface area (Å²) in [6.07, 6.45) is 10.5. The van der Waals surface area contributed by atoms with Crippen LogP contribution in [0.3, 0.4) is 0 Å². The minimum absolute atomic E-state index is 0.0474. The van der Waals surface area contributed by atoms with E-state index in [0.717, 1.165) is 12.8 Å². The Hall–Kier alpha value is -0.529. The second kappa shape index (κ2) is 14.0. The van der Waals surface area contributed by atoms with Crippen LogP contribution in [0.4, 0.5) is 0 Å². The van der Waals surface area contributed by atoms with Gasteiger partial charge in [-0.25, -0.2) is 0 Å². The van der Waals surface area contributed by atoms with E-state index in [-0.39, 0.29) is 29.4 Å². The standard InChI is InChI=1S/C36H69NO6Si3/c1-24(14-17-32(38)37-23-33(39)40-4)27-15-16-28-34-29(22-31(36(27,28)3)43-46(11,12)13)35(2)19-18-26(41-44(5,6)7)20-25(35)21-30(34)42-45(8,9)10/h24-31,34H,14-23H2,1-13H3,(H,37,38). The maximum absolute atomic E-state index is 12.7. The Balaban J connectivity index is 1.65. The summed E-state index contributed by atoms with van der Waals surface area (Å²) in [7, 11) is -3.89. The Morgan fingerprint density at radius 2 is 1.46 bits per heavy atom. The van der Waals surface area contributed by atoms with Gasteiger partial charge < -0.3 is 23.3 Å². The van der Waals surface area contributed by atoms with Gasteiger partial charge in [-0.1, -0.05) is 20.8 Å². The first-order valence-electron chi connectivity index (χ1n) is 18.4. The van der Waals surface area contributed by atoms with E-state index >= 15 is 0 Å². The van der Waals surface area contributed by atoms with E-state index in [4.69, 9.17) is 18.0 Å². The smallest absolute Gasteiger partial charge is 0.325 e. The van der Waals surface area contributed by atoms with Gasteiger partial charge in [-0.3, -0.25) is 9.59 Å². The molecule has 0 heterocycles. The molecule has 1 N–H and O–H groups in total. The highest BCUT2D eigenvalue weighted by Gasteiger charge is 2.67. The summed E-state index contributed by atoms with van der Waals surface area (Å²) in [6, 6.07) is 0. The van der Waals surface area contributed by atoms with Crippen molar-refractivity contribution in [3.05, 3.63) is 0 Å². The molecule has 4 fully saturated rings. The topological polar surface area (TPSA) is 83.1 Å². The summed E-state index contributed by atoms with van der Waals surface area (Å²) < 4.78 is 26.1. The van der Waals surface area contributed by atoms with Gasteiger partial charge in [-0.05, 0) is 157 Å². The fourth-order valence-electron chi connectivity index (χ4n) is 10.7. The number of ether oxygens (including phenoxy) is 1. The Kier molecular flexibility index (Phi) is 11.7. The number of amides is 1. The number of carbonyl (C=O) groups is 2. The van der Waals surface area contributed by atoms with Gasteiger partial charge >= 0.3 is 5.97 Å². The number of esters is 1. The number of hydrogen-bond donors (Lipinski definition) is 1. The molecule has 0 aromatic carbocycles. The number of carbonyl (C=O) groups excluding carboxylic acids is 2. The zero-order chi connectivity index (χ0) is 34.5. The van der Waals surface area contributed by atoms with Crippen molar-refractivity contribution in [1.29, 1.82) is 0 Å². The average molecular weight is 696 g/mol. The largest absolute Gasteiger partial charge is 0.468 e. The molecular weight excluding hydrogens is 627 g/mol. The zero-order valence-corrected chi connectivity index (χ0v) is 34.7. The Labute approximate surface area is 284 Å². The predicted octanol–water partition coefficient (Wildman–Crippen LogP) is 8.23. The van der Waals surface area contributed by atoms with Crippen LogP contribution in [0.1, 0.15) is 78.6 Å². The lowest BCUT2D eigenvalue weighted by Gasteiger charge is -2.66. The van der Waals surface area contributed by atoms with E-state index in [1.54, 1.807) is 0 Å². The molecule has 10 heteroatoms. The summed E-state index contributed by atoms with van der Waals surface area (Å²) in [5, 5.41) is 2.74. The molecule has 11 unspecified atom stereocenters. The maximum atomic E-state index is 12.7. The molecule has 0 saturated heterocycles. The molecule has 266 valence electrons. The molecular formula is C36H69NO6Si3. The minimum atomic E-state index is -1.84. The number of fused-ring (bicyclic) bond motifs is 5. The summed E-state index contributed by atoms with van der Waals surface area (Å²) in [5.74, 6) is 2.73. The van der Waals surface area contributed by atoms with Gasteiger partial charge in [0.1, 0.15) is 6.54 Å². The van der Waals surface area contributed by atoms with Crippen molar-refractivity contribution < 1.29 is 27.6 Å². The summed E-state index contributed by atoms with van der Waals surface area (Å²) in [4.78, 5) is 24.2. The van der Waals surface area contributed by atoms with Crippen molar-refractivity contribution in [3.8, 4) is 0 Å². The number of hydrogen-bond acceptors (Lipinski definition) is 6. The minimum Gasteiger partial charge on any atom is -0.468 e. The van der Waals surface area contributed by atoms with Crippen molar-refractivity contribution in [2.45, 2.75) is 156 Å². The van der Waals surface area contributed by atoms with Crippen molar-refractivity contribution in [1.82, 2.24) is 5.32 Å². The third-order valence-corrected chi connectivity index (χ3v) is 15.5. The predicted molar refractivity (Wildman–Crippen MR) is 194 cm³/mol. The second-order valence-corrected chi connectivity index (χ2v) is 32.4. The maximum Gasteiger partial charge on any atom is 0.325 e. The van der Waals surface area contributed by atoms with E-state index in [2.05, 4.69) is 85.0 Å². The first-order chi connectivity index (χ1) is 21.1. The van der Waals surface area contributed by atoms with Crippen molar-refractivity contribution in [3.63, 3.8) is 0 Å². The summed E-state index contributed by atoms with van der Waals surface area (Å²) in [6.45, 7) is 28.7. The molecule has 4 rings (SSSR count). The third-order valence-electron chi connectivity index (χ3n) is 12.4. The normalized spacial score (nSPS) is 38.7. The van der Waals surface area contributed by atoms with E-state index in [0.29, 0.717) is 54.1 Å². The van der Waals surface area contributed by atoms with Crippen molar-refractivity contribution in [2.75, 3.05) is 13.7 Å². The lowest BCUT2D eigenvalue weighted by atomic mass is 9.43. The monoisotopic (exact) mass is 695 g/mol. The van der Waals surface area contributed by atoms with E-state index in [1.165, 1.54) is 45.6 Å². The fraction of sp³-hybridized carbons (Fsp3) is 0.944. The molecule has 1 amide bonds. The van der Waals surface area contributed by atoms with E-state index in [9.17, 15) is 9.59 Å². The molecule has 0 bridgehead atoms. The van der Waals surface area contributed by atoms with Crippen LogP contribution >= 0.6 is 0 Å². The van der Waals surface area contributed by atoms with Crippen molar-refractivity contribution in [2.24, 2.45) is 46.3 Å². The molecule has 11 atom stereocenters. The number of nitrogens with one attached hydrogen (secondary N) is 1. The summed E-state index contributed by atoms with van der Waals surface area (Å²) in [5.41, 5.74) is 0.332. The van der Waals surface area contributed by atoms with Gasteiger partial charge in [0, 0.05) is 18.6 Å². The van der Waals surface area contributed by atoms with Gasteiger partial charge in [-0.2, -0.15) is 0 Å². The highest BCUT2D eigenvalue weighted by molar-refractivity contribution is 6.70. The molecule has 46 heavy (non-hydrogen) atoms. The number of methoxy groups -OCH3 is 1. The van der Waals surface area contributed by atoms with Crippen LogP contribution in [0, 0.1) is 46.3 Å². The highest BCUT2D eigenvalue weighted by Crippen LogP contribution is 2.69. The average Bonchev–Trinajstić information content (AvgIpc) is 3.27. The first-order valence-corrected chi connectivity index (χ1v) is 28.7. The Morgan fingerprint density at radius 3 is 2.04 bits per heavy atom. The van der Waals surface area contributed by atoms with Gasteiger partial charge in [0.2, 0.25) is 5.91 Å². The molecule has 7 nitrogen and oxygen atoms in total. The van der Waals surface area contributed by atoms with E-state index < -0.39 is 30.9 Å². The number of rotatable bonds is 12. The quantitative estimate of drug-likeness (QED) is 0.164. The fourth-order valence-corrected chi connectivity index (χ4v) is 14.3. The molecule has 4 saturated carbocycles. The van der Waals surface area contributed by atoms with Crippen LogP contribution in [0.15, 0.2) is 0 Å². The third kappa shape index (κ3) is 8.60. The van der Waals surface area contributed by atoms with Crippen LogP contribution in [-0.2, 0) is 27.6 Å².